The van der Waals surface area contributed by atoms with Crippen molar-refractivity contribution < 1.29 is 9.90 Å². The minimum absolute atomic E-state index is 0.107. The number of carbonyl (C=O) groups is 1. The van der Waals surface area contributed by atoms with Crippen molar-refractivity contribution >= 4 is 5.97 Å². The molecule has 2 heteroatoms. The maximum atomic E-state index is 10.0. The second-order valence-corrected chi connectivity index (χ2v) is 2.05. The fourth-order valence-corrected chi connectivity index (χ4v) is 0.579. The Morgan fingerprint density at radius 2 is 2.20 bits per heavy atom. The average molecular weight is 140 g/mol. The van der Waals surface area contributed by atoms with E-state index in [1.807, 2.05) is 26.0 Å². The summed E-state index contributed by atoms with van der Waals surface area (Å²) >= 11 is 0. The lowest BCUT2D eigenvalue weighted by Gasteiger charge is -1.88. The van der Waals surface area contributed by atoms with Crippen molar-refractivity contribution in [3.8, 4) is 0 Å². The van der Waals surface area contributed by atoms with E-state index in [0.717, 1.165) is 5.57 Å². The molecule has 0 saturated heterocycles. The molecule has 1 N–H and O–H groups in total. The van der Waals surface area contributed by atoms with Gasteiger partial charge in [-0.25, -0.2) is 0 Å². The minimum Gasteiger partial charge on any atom is -0.481 e. The molecule has 0 aliphatic carbocycles. The molecule has 0 rings (SSSR count). The van der Waals surface area contributed by atoms with Crippen LogP contribution in [0.5, 0.6) is 0 Å². The largest absolute Gasteiger partial charge is 0.481 e. The van der Waals surface area contributed by atoms with Crippen LogP contribution in [0.1, 0.15) is 20.3 Å². The van der Waals surface area contributed by atoms with Gasteiger partial charge in [-0.3, -0.25) is 4.79 Å². The number of allylic oxidation sites excluding steroid dienone is 3. The number of carboxylic acid groups (broad SMARTS) is 1. The lowest BCUT2D eigenvalue weighted by atomic mass is 10.2. The topological polar surface area (TPSA) is 37.3 Å². The molecular weight excluding hydrogens is 128 g/mol. The van der Waals surface area contributed by atoms with Gasteiger partial charge in [0.25, 0.3) is 0 Å². The highest BCUT2D eigenvalue weighted by molar-refractivity contribution is 5.68. The highest BCUT2D eigenvalue weighted by Crippen LogP contribution is 1.96. The molecule has 0 atom stereocenters. The molecule has 0 radical (unpaired) electrons. The molecule has 0 saturated carbocycles. The fraction of sp³-hybridized carbons (Fsp3) is 0.375. The Morgan fingerprint density at radius 1 is 1.60 bits per heavy atom. The van der Waals surface area contributed by atoms with Crippen LogP contribution in [0.3, 0.4) is 0 Å². The molecule has 0 heterocycles. The Balaban J connectivity index is 3.80. The van der Waals surface area contributed by atoms with Crippen LogP contribution < -0.4 is 0 Å². The summed E-state index contributed by atoms with van der Waals surface area (Å²) in [5.74, 6) is -0.788. The predicted molar refractivity (Wildman–Crippen MR) is 40.8 cm³/mol. The minimum atomic E-state index is -0.788. The second kappa shape index (κ2) is 4.79. The van der Waals surface area contributed by atoms with E-state index in [2.05, 4.69) is 0 Å². The lowest BCUT2D eigenvalue weighted by Crippen LogP contribution is -1.90. The first kappa shape index (κ1) is 8.95. The Hall–Kier alpha value is -1.05. The molecule has 10 heavy (non-hydrogen) atoms. The van der Waals surface area contributed by atoms with Crippen molar-refractivity contribution in [3.63, 3.8) is 0 Å². The Bertz CT molecular complexity index is 166. The summed E-state index contributed by atoms with van der Waals surface area (Å²) in [4.78, 5) is 10.0. The van der Waals surface area contributed by atoms with E-state index in [0.29, 0.717) is 0 Å². The van der Waals surface area contributed by atoms with E-state index in [-0.39, 0.29) is 6.42 Å². The number of rotatable bonds is 3. The molecule has 0 fully saturated rings. The third kappa shape index (κ3) is 5.09. The number of carboxylic acids is 1. The van der Waals surface area contributed by atoms with E-state index in [1.165, 1.54) is 0 Å². The van der Waals surface area contributed by atoms with E-state index in [4.69, 9.17) is 5.11 Å². The van der Waals surface area contributed by atoms with Gasteiger partial charge in [-0.15, -0.1) is 0 Å². The molecule has 0 aliphatic rings. The van der Waals surface area contributed by atoms with Gasteiger partial charge in [0.05, 0.1) is 6.42 Å². The van der Waals surface area contributed by atoms with Crippen molar-refractivity contribution in [2.45, 2.75) is 20.3 Å². The molecule has 0 spiro atoms. The summed E-state index contributed by atoms with van der Waals surface area (Å²) in [5.41, 5.74) is 0.991. The number of aliphatic carboxylic acids is 1. The first-order valence-corrected chi connectivity index (χ1v) is 3.18. The molecule has 0 amide bonds. The molecule has 0 aliphatic heterocycles. The zero-order chi connectivity index (χ0) is 7.98. The third-order valence-corrected chi connectivity index (χ3v) is 1.03. The van der Waals surface area contributed by atoms with Gasteiger partial charge in [0.15, 0.2) is 0 Å². The first-order chi connectivity index (χ1) is 4.66. The average Bonchev–Trinajstić information content (AvgIpc) is 1.85. The molecule has 0 aromatic rings. The van der Waals surface area contributed by atoms with E-state index >= 15 is 0 Å². The number of hydrogen-bond acceptors (Lipinski definition) is 1. The van der Waals surface area contributed by atoms with E-state index in [1.54, 1.807) is 6.08 Å². The highest BCUT2D eigenvalue weighted by atomic mass is 16.4. The zero-order valence-electron chi connectivity index (χ0n) is 6.29. The fourth-order valence-electron chi connectivity index (χ4n) is 0.579. The van der Waals surface area contributed by atoms with Crippen molar-refractivity contribution in [1.29, 1.82) is 0 Å². The molecule has 0 bridgehead atoms. The Labute approximate surface area is 60.9 Å². The summed E-state index contributed by atoms with van der Waals surface area (Å²) in [5, 5.41) is 8.26. The van der Waals surface area contributed by atoms with Crippen LogP contribution in [0.25, 0.3) is 0 Å². The van der Waals surface area contributed by atoms with Crippen molar-refractivity contribution in [2.24, 2.45) is 0 Å². The molecule has 0 unspecified atom stereocenters. The molecule has 0 aromatic heterocycles. The van der Waals surface area contributed by atoms with Crippen LogP contribution in [0, 0.1) is 0 Å². The summed E-state index contributed by atoms with van der Waals surface area (Å²) in [7, 11) is 0. The van der Waals surface area contributed by atoms with Crippen molar-refractivity contribution in [1.82, 2.24) is 0 Å². The summed E-state index contributed by atoms with van der Waals surface area (Å²) in [6.07, 6.45) is 5.55. The van der Waals surface area contributed by atoms with Crippen molar-refractivity contribution in [3.05, 3.63) is 23.8 Å². The predicted octanol–water partition coefficient (Wildman–Crippen LogP) is 1.98. The van der Waals surface area contributed by atoms with Gasteiger partial charge in [-0.05, 0) is 13.8 Å². The summed E-state index contributed by atoms with van der Waals surface area (Å²) < 4.78 is 0. The first-order valence-electron chi connectivity index (χ1n) is 3.18. The maximum absolute atomic E-state index is 10.0. The van der Waals surface area contributed by atoms with Gasteiger partial charge >= 0.3 is 5.97 Å². The Morgan fingerprint density at radius 3 is 2.60 bits per heavy atom. The monoisotopic (exact) mass is 140 g/mol. The zero-order valence-corrected chi connectivity index (χ0v) is 6.29. The standard InChI is InChI=1S/C8H12O2/c1-3-4-7(2)5-6-8(9)10/h3-5H,6H2,1-2H3,(H,9,10)/b4-3+,7-5+. The molecule has 0 aromatic carbocycles. The maximum Gasteiger partial charge on any atom is 0.307 e. The Kier molecular flexibility index (Phi) is 4.29. The quantitative estimate of drug-likeness (QED) is 0.608. The molecule has 2 nitrogen and oxygen atoms in total. The van der Waals surface area contributed by atoms with Crippen LogP contribution in [-0.4, -0.2) is 11.1 Å². The van der Waals surface area contributed by atoms with E-state index < -0.39 is 5.97 Å². The van der Waals surface area contributed by atoms with Crippen LogP contribution in [0.15, 0.2) is 23.8 Å². The molecule has 56 valence electrons. The molecular formula is C8H12O2. The summed E-state index contributed by atoms with van der Waals surface area (Å²) in [6.45, 7) is 3.78. The summed E-state index contributed by atoms with van der Waals surface area (Å²) in [6, 6.07) is 0. The second-order valence-electron chi connectivity index (χ2n) is 2.05. The van der Waals surface area contributed by atoms with Gasteiger partial charge in [0.1, 0.15) is 0 Å². The van der Waals surface area contributed by atoms with E-state index in [9.17, 15) is 4.79 Å². The van der Waals surface area contributed by atoms with Gasteiger partial charge < -0.3 is 5.11 Å². The smallest absolute Gasteiger partial charge is 0.307 e. The number of hydrogen-bond donors (Lipinski definition) is 1. The van der Waals surface area contributed by atoms with Crippen LogP contribution in [0.4, 0.5) is 0 Å². The lowest BCUT2D eigenvalue weighted by molar-refractivity contribution is -0.136. The van der Waals surface area contributed by atoms with Gasteiger partial charge in [-0.1, -0.05) is 23.8 Å². The highest BCUT2D eigenvalue weighted by Gasteiger charge is 1.89. The SMILES string of the molecule is C/C=C/C(C)=C/CC(=O)O. The van der Waals surface area contributed by atoms with Gasteiger partial charge in [0.2, 0.25) is 0 Å². The van der Waals surface area contributed by atoms with Gasteiger partial charge in [-0.2, -0.15) is 0 Å². The van der Waals surface area contributed by atoms with Crippen molar-refractivity contribution in [2.75, 3.05) is 0 Å². The van der Waals surface area contributed by atoms with Gasteiger partial charge in [0, 0.05) is 0 Å². The van der Waals surface area contributed by atoms with Crippen LogP contribution >= 0.6 is 0 Å². The normalized spacial score (nSPS) is 12.4. The van der Waals surface area contributed by atoms with Crippen LogP contribution in [0.2, 0.25) is 0 Å². The third-order valence-electron chi connectivity index (χ3n) is 1.03. The van der Waals surface area contributed by atoms with Crippen LogP contribution in [-0.2, 0) is 4.79 Å².